The molecular formula is C11H12N4O4S. The van der Waals surface area contributed by atoms with Gasteiger partial charge in [-0.3, -0.25) is 10.1 Å². The van der Waals surface area contributed by atoms with Gasteiger partial charge in [0.15, 0.2) is 0 Å². The molecule has 2 rings (SSSR count). The number of nitrogens with zero attached hydrogens (tertiary/aromatic N) is 2. The van der Waals surface area contributed by atoms with Crippen molar-refractivity contribution in [1.29, 1.82) is 0 Å². The molecule has 0 aliphatic rings. The highest BCUT2D eigenvalue weighted by atomic mass is 32.2. The largest absolute Gasteiger partial charge is 0.347 e. The molecule has 0 aliphatic heterocycles. The second kappa shape index (κ2) is 5.80. The van der Waals surface area contributed by atoms with Gasteiger partial charge < -0.3 is 4.98 Å². The zero-order valence-electron chi connectivity index (χ0n) is 10.3. The van der Waals surface area contributed by atoms with E-state index in [1.54, 1.807) is 0 Å². The monoisotopic (exact) mass is 296 g/mol. The van der Waals surface area contributed by atoms with E-state index in [2.05, 4.69) is 14.7 Å². The number of non-ortho nitro benzene ring substituents is 1. The molecule has 9 heteroatoms. The number of benzene rings is 1. The van der Waals surface area contributed by atoms with Crippen LogP contribution in [0, 0.1) is 10.1 Å². The molecule has 106 valence electrons. The van der Waals surface area contributed by atoms with Gasteiger partial charge in [0.05, 0.1) is 23.5 Å². The highest BCUT2D eigenvalue weighted by Gasteiger charge is 2.13. The smallest absolute Gasteiger partial charge is 0.269 e. The van der Waals surface area contributed by atoms with Crippen molar-refractivity contribution in [3.05, 3.63) is 58.2 Å². The van der Waals surface area contributed by atoms with Crippen LogP contribution in [-0.2, 0) is 22.3 Å². The maximum absolute atomic E-state index is 11.8. The standard InChI is InChI=1S/C11H12N4O4S/c16-15(17)11-3-1-9(2-4-11)7-20(18,19)14-6-10-5-12-8-13-10/h1-5,8,14H,6-7H2,(H,12,13). The first kappa shape index (κ1) is 14.2. The summed E-state index contributed by atoms with van der Waals surface area (Å²) in [5.74, 6) is -0.237. The quantitative estimate of drug-likeness (QED) is 0.607. The Labute approximate surface area is 115 Å². The van der Waals surface area contributed by atoms with Crippen LogP contribution in [0.3, 0.4) is 0 Å². The van der Waals surface area contributed by atoms with Gasteiger partial charge in [-0.05, 0) is 5.56 Å². The number of H-pyrrole nitrogens is 1. The number of imidazole rings is 1. The molecule has 0 bridgehead atoms. The third kappa shape index (κ3) is 3.87. The highest BCUT2D eigenvalue weighted by molar-refractivity contribution is 7.88. The molecule has 2 aromatic rings. The van der Waals surface area contributed by atoms with Crippen LogP contribution in [0.4, 0.5) is 5.69 Å². The van der Waals surface area contributed by atoms with Gasteiger partial charge in [-0.15, -0.1) is 0 Å². The van der Waals surface area contributed by atoms with Gasteiger partial charge in [-0.1, -0.05) is 12.1 Å². The van der Waals surface area contributed by atoms with Crippen LogP contribution < -0.4 is 4.72 Å². The fourth-order valence-corrected chi connectivity index (χ4v) is 2.66. The van der Waals surface area contributed by atoms with E-state index in [1.807, 2.05) is 0 Å². The minimum absolute atomic E-state index is 0.0726. The van der Waals surface area contributed by atoms with Crippen molar-refractivity contribution in [2.24, 2.45) is 0 Å². The number of nitrogens with one attached hydrogen (secondary N) is 2. The lowest BCUT2D eigenvalue weighted by molar-refractivity contribution is -0.384. The predicted octanol–water partition coefficient (Wildman–Crippen LogP) is 0.938. The fraction of sp³-hybridized carbons (Fsp3) is 0.182. The Kier molecular flexibility index (Phi) is 4.11. The number of nitro benzene ring substituents is 1. The van der Waals surface area contributed by atoms with Crippen molar-refractivity contribution in [2.75, 3.05) is 0 Å². The zero-order chi connectivity index (χ0) is 14.6. The predicted molar refractivity (Wildman–Crippen MR) is 71.1 cm³/mol. The Bertz CT molecular complexity index is 680. The Morgan fingerprint density at radius 1 is 1.30 bits per heavy atom. The van der Waals surface area contributed by atoms with E-state index in [9.17, 15) is 18.5 Å². The third-order valence-electron chi connectivity index (χ3n) is 2.54. The topological polar surface area (TPSA) is 118 Å². The van der Waals surface area contributed by atoms with Gasteiger partial charge >= 0.3 is 0 Å². The SMILES string of the molecule is O=[N+]([O-])c1ccc(CS(=O)(=O)NCc2cnc[nH]2)cc1. The van der Waals surface area contributed by atoms with Crippen LogP contribution in [-0.4, -0.2) is 23.3 Å². The van der Waals surface area contributed by atoms with Crippen LogP contribution in [0.2, 0.25) is 0 Å². The molecule has 0 spiro atoms. The van der Waals surface area contributed by atoms with Crippen molar-refractivity contribution in [3.8, 4) is 0 Å². The normalized spacial score (nSPS) is 11.4. The molecule has 0 radical (unpaired) electrons. The van der Waals surface area contributed by atoms with Crippen LogP contribution in [0.15, 0.2) is 36.8 Å². The number of aromatic nitrogens is 2. The number of aromatic amines is 1. The molecule has 0 fully saturated rings. The molecule has 0 aliphatic carbocycles. The highest BCUT2D eigenvalue weighted by Crippen LogP contribution is 2.13. The number of sulfonamides is 1. The Balaban J connectivity index is 1.98. The summed E-state index contributed by atoms with van der Waals surface area (Å²) in [5, 5.41) is 10.5. The molecule has 1 aromatic heterocycles. The molecule has 0 saturated carbocycles. The van der Waals surface area contributed by atoms with Crippen LogP contribution in [0.1, 0.15) is 11.3 Å². The zero-order valence-corrected chi connectivity index (χ0v) is 11.1. The van der Waals surface area contributed by atoms with Gasteiger partial charge in [0.2, 0.25) is 10.0 Å². The van der Waals surface area contributed by atoms with Crippen molar-refractivity contribution < 1.29 is 13.3 Å². The summed E-state index contributed by atoms with van der Waals surface area (Å²) in [6.45, 7) is 0.120. The summed E-state index contributed by atoms with van der Waals surface area (Å²) < 4.78 is 26.1. The summed E-state index contributed by atoms with van der Waals surface area (Å²) in [7, 11) is -3.51. The molecule has 0 saturated heterocycles. The minimum Gasteiger partial charge on any atom is -0.347 e. The maximum Gasteiger partial charge on any atom is 0.269 e. The average Bonchev–Trinajstić information content (AvgIpc) is 2.90. The van der Waals surface area contributed by atoms with Crippen molar-refractivity contribution >= 4 is 15.7 Å². The molecule has 2 N–H and O–H groups in total. The Morgan fingerprint density at radius 3 is 2.55 bits per heavy atom. The fourth-order valence-electron chi connectivity index (χ4n) is 1.55. The lowest BCUT2D eigenvalue weighted by Gasteiger charge is -2.05. The third-order valence-corrected chi connectivity index (χ3v) is 3.84. The Morgan fingerprint density at radius 2 is 2.00 bits per heavy atom. The molecule has 1 aromatic carbocycles. The second-order valence-electron chi connectivity index (χ2n) is 4.08. The lowest BCUT2D eigenvalue weighted by Crippen LogP contribution is -2.24. The van der Waals surface area contributed by atoms with E-state index in [0.717, 1.165) is 0 Å². The molecule has 1 heterocycles. The first-order chi connectivity index (χ1) is 9.46. The van der Waals surface area contributed by atoms with E-state index in [4.69, 9.17) is 0 Å². The van der Waals surface area contributed by atoms with Gasteiger partial charge in [0.1, 0.15) is 0 Å². The Hall–Kier alpha value is -2.26. The van der Waals surface area contributed by atoms with Crippen LogP contribution >= 0.6 is 0 Å². The lowest BCUT2D eigenvalue weighted by atomic mass is 10.2. The second-order valence-corrected chi connectivity index (χ2v) is 5.89. The maximum atomic E-state index is 11.8. The van der Waals surface area contributed by atoms with Crippen LogP contribution in [0.25, 0.3) is 0 Å². The summed E-state index contributed by atoms with van der Waals surface area (Å²) in [6, 6.07) is 5.40. The number of rotatable bonds is 6. The minimum atomic E-state index is -3.51. The summed E-state index contributed by atoms with van der Waals surface area (Å²) in [4.78, 5) is 16.5. The number of hydrogen-bond acceptors (Lipinski definition) is 5. The number of nitro groups is 1. The van der Waals surface area contributed by atoms with E-state index < -0.39 is 14.9 Å². The van der Waals surface area contributed by atoms with E-state index in [0.29, 0.717) is 11.3 Å². The van der Waals surface area contributed by atoms with Gasteiger partial charge in [0.25, 0.3) is 5.69 Å². The van der Waals surface area contributed by atoms with Gasteiger partial charge in [-0.25, -0.2) is 18.1 Å². The van der Waals surface area contributed by atoms with E-state index in [1.165, 1.54) is 36.8 Å². The first-order valence-corrected chi connectivity index (χ1v) is 7.29. The van der Waals surface area contributed by atoms with Crippen LogP contribution in [0.5, 0.6) is 0 Å². The van der Waals surface area contributed by atoms with Crippen molar-refractivity contribution in [1.82, 2.24) is 14.7 Å². The molecule has 0 unspecified atom stereocenters. The molecular weight excluding hydrogens is 284 g/mol. The van der Waals surface area contributed by atoms with Crippen molar-refractivity contribution in [2.45, 2.75) is 12.3 Å². The van der Waals surface area contributed by atoms with Crippen molar-refractivity contribution in [3.63, 3.8) is 0 Å². The van der Waals surface area contributed by atoms with Gasteiger partial charge in [0, 0.05) is 24.0 Å². The summed E-state index contributed by atoms with van der Waals surface area (Å²) in [5.41, 5.74) is 1.06. The summed E-state index contributed by atoms with van der Waals surface area (Å²) in [6.07, 6.45) is 2.98. The summed E-state index contributed by atoms with van der Waals surface area (Å²) >= 11 is 0. The van der Waals surface area contributed by atoms with Gasteiger partial charge in [-0.2, -0.15) is 0 Å². The van der Waals surface area contributed by atoms with E-state index in [-0.39, 0.29) is 18.0 Å². The molecule has 0 amide bonds. The molecule has 8 nitrogen and oxygen atoms in total. The first-order valence-electron chi connectivity index (χ1n) is 5.64. The number of hydrogen-bond donors (Lipinski definition) is 2. The van der Waals surface area contributed by atoms with E-state index >= 15 is 0 Å². The average molecular weight is 296 g/mol. The molecule has 20 heavy (non-hydrogen) atoms. The molecule has 0 atom stereocenters.